The molecule has 0 aliphatic carbocycles. The summed E-state index contributed by atoms with van der Waals surface area (Å²) < 4.78 is 18.1. The molecule has 0 aliphatic heterocycles. The van der Waals surface area contributed by atoms with Gasteiger partial charge in [-0.3, -0.25) is 0 Å². The van der Waals surface area contributed by atoms with E-state index in [0.717, 1.165) is 11.3 Å². The zero-order valence-electron chi connectivity index (χ0n) is 11.5. The van der Waals surface area contributed by atoms with Crippen molar-refractivity contribution in [3.63, 3.8) is 0 Å². The molecule has 2 aromatic carbocycles. The Morgan fingerprint density at radius 3 is 2.57 bits per heavy atom. The van der Waals surface area contributed by atoms with Gasteiger partial charge in [0, 0.05) is 17.3 Å². The first kappa shape index (κ1) is 15.3. The summed E-state index contributed by atoms with van der Waals surface area (Å²) in [5.74, 6) is -0.710. The van der Waals surface area contributed by atoms with E-state index in [-0.39, 0.29) is 11.8 Å². The van der Waals surface area contributed by atoms with Gasteiger partial charge in [-0.25, -0.2) is 9.18 Å². The number of ether oxygens (including phenoxy) is 1. The molecule has 0 atom stereocenters. The molecule has 0 bridgehead atoms. The van der Waals surface area contributed by atoms with Crippen LogP contribution >= 0.6 is 11.6 Å². The van der Waals surface area contributed by atoms with E-state index >= 15 is 0 Å². The fourth-order valence-corrected chi connectivity index (χ4v) is 2.10. The van der Waals surface area contributed by atoms with Crippen molar-refractivity contribution < 1.29 is 13.9 Å². The molecule has 0 spiro atoms. The largest absolute Gasteiger partial charge is 0.462 e. The summed E-state index contributed by atoms with van der Waals surface area (Å²) in [6, 6.07) is 11.3. The Kier molecular flexibility index (Phi) is 5.17. The van der Waals surface area contributed by atoms with Gasteiger partial charge in [0.1, 0.15) is 5.82 Å². The highest BCUT2D eigenvalue weighted by Gasteiger charge is 2.05. The summed E-state index contributed by atoms with van der Waals surface area (Å²) in [5.41, 5.74) is 2.06. The van der Waals surface area contributed by atoms with Crippen LogP contribution in [0.2, 0.25) is 5.02 Å². The lowest BCUT2D eigenvalue weighted by molar-refractivity contribution is 0.0526. The third kappa shape index (κ3) is 4.46. The van der Waals surface area contributed by atoms with E-state index in [1.807, 2.05) is 0 Å². The van der Waals surface area contributed by atoms with Crippen LogP contribution in [0, 0.1) is 5.82 Å². The smallest absolute Gasteiger partial charge is 0.338 e. The molecule has 21 heavy (non-hydrogen) atoms. The molecule has 2 aromatic rings. The fraction of sp³-hybridized carbons (Fsp3) is 0.188. The Labute approximate surface area is 127 Å². The van der Waals surface area contributed by atoms with Gasteiger partial charge in [-0.05, 0) is 55.0 Å². The predicted octanol–water partition coefficient (Wildman–Crippen LogP) is 4.27. The van der Waals surface area contributed by atoms with E-state index in [0.29, 0.717) is 23.7 Å². The molecule has 0 unspecified atom stereocenters. The zero-order valence-corrected chi connectivity index (χ0v) is 12.3. The van der Waals surface area contributed by atoms with Crippen LogP contribution < -0.4 is 5.32 Å². The molecule has 0 heterocycles. The topological polar surface area (TPSA) is 38.3 Å². The summed E-state index contributed by atoms with van der Waals surface area (Å²) in [4.78, 5) is 11.5. The van der Waals surface area contributed by atoms with Gasteiger partial charge in [-0.2, -0.15) is 0 Å². The van der Waals surface area contributed by atoms with Crippen molar-refractivity contribution in [2.24, 2.45) is 0 Å². The lowest BCUT2D eigenvalue weighted by Gasteiger charge is -2.08. The number of anilines is 1. The van der Waals surface area contributed by atoms with Crippen LogP contribution in [0.15, 0.2) is 42.5 Å². The van der Waals surface area contributed by atoms with Gasteiger partial charge in [0.25, 0.3) is 0 Å². The molecule has 1 N–H and O–H groups in total. The van der Waals surface area contributed by atoms with Gasteiger partial charge in [0.15, 0.2) is 0 Å². The van der Waals surface area contributed by atoms with Crippen LogP contribution in [0.4, 0.5) is 10.1 Å². The maximum Gasteiger partial charge on any atom is 0.338 e. The van der Waals surface area contributed by atoms with Crippen molar-refractivity contribution >= 4 is 23.3 Å². The number of carbonyl (C=O) groups is 1. The molecule has 110 valence electrons. The van der Waals surface area contributed by atoms with Crippen molar-refractivity contribution in [2.75, 3.05) is 11.9 Å². The second-order valence-electron chi connectivity index (χ2n) is 4.43. The number of benzene rings is 2. The second kappa shape index (κ2) is 7.09. The Morgan fingerprint density at radius 1 is 1.24 bits per heavy atom. The summed E-state index contributed by atoms with van der Waals surface area (Å²) in [5, 5.41) is 3.50. The molecule has 0 fully saturated rings. The molecule has 0 saturated heterocycles. The summed E-state index contributed by atoms with van der Waals surface area (Å²) in [7, 11) is 0. The molecule has 0 aromatic heterocycles. The quantitative estimate of drug-likeness (QED) is 0.838. The van der Waals surface area contributed by atoms with Gasteiger partial charge in [-0.1, -0.05) is 11.6 Å². The molecule has 0 aliphatic rings. The molecule has 5 heteroatoms. The van der Waals surface area contributed by atoms with E-state index in [9.17, 15) is 9.18 Å². The van der Waals surface area contributed by atoms with Crippen LogP contribution in [-0.2, 0) is 11.3 Å². The average Bonchev–Trinajstić information content (AvgIpc) is 2.45. The predicted molar refractivity (Wildman–Crippen MR) is 81.1 cm³/mol. The first-order valence-corrected chi connectivity index (χ1v) is 6.92. The van der Waals surface area contributed by atoms with E-state index in [2.05, 4.69) is 5.32 Å². The fourth-order valence-electron chi connectivity index (χ4n) is 1.86. The van der Waals surface area contributed by atoms with Crippen molar-refractivity contribution in [1.82, 2.24) is 0 Å². The first-order chi connectivity index (χ1) is 10.1. The molecule has 0 saturated carbocycles. The standard InChI is InChI=1S/C16H15ClFNO2/c1-2-21-16(20)12-3-5-15(6-4-12)19-10-11-7-13(17)9-14(18)8-11/h3-9,19H,2,10H2,1H3. The summed E-state index contributed by atoms with van der Waals surface area (Å²) in [6.45, 7) is 2.55. The molecular weight excluding hydrogens is 293 g/mol. The number of hydrogen-bond acceptors (Lipinski definition) is 3. The minimum absolute atomic E-state index is 0.346. The molecule has 3 nitrogen and oxygen atoms in total. The lowest BCUT2D eigenvalue weighted by atomic mass is 10.2. The van der Waals surface area contributed by atoms with Crippen LogP contribution in [0.1, 0.15) is 22.8 Å². The lowest BCUT2D eigenvalue weighted by Crippen LogP contribution is -2.05. The molecule has 0 amide bonds. The maximum atomic E-state index is 13.2. The van der Waals surface area contributed by atoms with Crippen molar-refractivity contribution in [2.45, 2.75) is 13.5 Å². The maximum absolute atomic E-state index is 13.2. The number of rotatable bonds is 5. The molecular formula is C16H15ClFNO2. The number of halogens is 2. The van der Waals surface area contributed by atoms with E-state index < -0.39 is 0 Å². The Hall–Kier alpha value is -2.07. The Morgan fingerprint density at radius 2 is 1.95 bits per heavy atom. The highest BCUT2D eigenvalue weighted by molar-refractivity contribution is 6.30. The van der Waals surface area contributed by atoms with Gasteiger partial charge < -0.3 is 10.1 Å². The van der Waals surface area contributed by atoms with E-state index in [4.69, 9.17) is 16.3 Å². The van der Waals surface area contributed by atoms with Gasteiger partial charge in [0.2, 0.25) is 0 Å². The van der Waals surface area contributed by atoms with Crippen molar-refractivity contribution in [1.29, 1.82) is 0 Å². The Balaban J connectivity index is 1.99. The SMILES string of the molecule is CCOC(=O)c1ccc(NCc2cc(F)cc(Cl)c2)cc1. The summed E-state index contributed by atoms with van der Waals surface area (Å²) in [6.07, 6.45) is 0. The van der Waals surface area contributed by atoms with Crippen LogP contribution in [-0.4, -0.2) is 12.6 Å². The highest BCUT2D eigenvalue weighted by atomic mass is 35.5. The second-order valence-corrected chi connectivity index (χ2v) is 4.87. The minimum Gasteiger partial charge on any atom is -0.462 e. The number of nitrogens with one attached hydrogen (secondary N) is 1. The molecule has 0 radical (unpaired) electrons. The van der Waals surface area contributed by atoms with Gasteiger partial charge >= 0.3 is 5.97 Å². The van der Waals surface area contributed by atoms with Crippen LogP contribution in [0.3, 0.4) is 0 Å². The molecule has 2 rings (SSSR count). The number of esters is 1. The highest BCUT2D eigenvalue weighted by Crippen LogP contribution is 2.16. The van der Waals surface area contributed by atoms with E-state index in [1.165, 1.54) is 12.1 Å². The van der Waals surface area contributed by atoms with Crippen molar-refractivity contribution in [3.05, 3.63) is 64.4 Å². The van der Waals surface area contributed by atoms with Gasteiger partial charge in [-0.15, -0.1) is 0 Å². The van der Waals surface area contributed by atoms with Crippen LogP contribution in [0.25, 0.3) is 0 Å². The monoisotopic (exact) mass is 307 g/mol. The van der Waals surface area contributed by atoms with E-state index in [1.54, 1.807) is 37.3 Å². The average molecular weight is 308 g/mol. The Bertz CT molecular complexity index is 608. The van der Waals surface area contributed by atoms with Gasteiger partial charge in [0.05, 0.1) is 12.2 Å². The zero-order chi connectivity index (χ0) is 15.2. The minimum atomic E-state index is -0.364. The summed E-state index contributed by atoms with van der Waals surface area (Å²) >= 11 is 5.80. The number of carbonyl (C=O) groups excluding carboxylic acids is 1. The normalized spacial score (nSPS) is 10.2. The number of hydrogen-bond donors (Lipinski definition) is 1. The first-order valence-electron chi connectivity index (χ1n) is 6.54. The third-order valence-electron chi connectivity index (χ3n) is 2.82. The third-order valence-corrected chi connectivity index (χ3v) is 3.03. The van der Waals surface area contributed by atoms with Crippen molar-refractivity contribution in [3.8, 4) is 0 Å². The van der Waals surface area contributed by atoms with Crippen LogP contribution in [0.5, 0.6) is 0 Å².